The summed E-state index contributed by atoms with van der Waals surface area (Å²) in [6, 6.07) is 63.2. The molecule has 0 saturated carbocycles. The predicted molar refractivity (Wildman–Crippen MR) is 210 cm³/mol. The molecule has 9 aromatic rings. The third kappa shape index (κ3) is 4.24. The summed E-state index contributed by atoms with van der Waals surface area (Å²) in [4.78, 5) is 0. The molecule has 9 aromatic carbocycles. The molecular weight excluding hydrogens is 589 g/mol. The predicted octanol–water partition coefficient (Wildman–Crippen LogP) is 13.6. The third-order valence-electron chi connectivity index (χ3n) is 11.1. The zero-order valence-electron chi connectivity index (χ0n) is 27.7. The molecule has 0 spiro atoms. The van der Waals surface area contributed by atoms with E-state index in [9.17, 15) is 0 Å². The summed E-state index contributed by atoms with van der Waals surface area (Å²) in [5.41, 5.74) is 12.9. The van der Waals surface area contributed by atoms with Crippen molar-refractivity contribution in [3.05, 3.63) is 181 Å². The highest BCUT2D eigenvalue weighted by Gasteiger charge is 2.36. The number of rotatable bonds is 3. The van der Waals surface area contributed by atoms with Gasteiger partial charge in [0.25, 0.3) is 0 Å². The molecule has 0 saturated heterocycles. The van der Waals surface area contributed by atoms with E-state index in [1.807, 2.05) is 0 Å². The maximum Gasteiger partial charge on any atom is 0.0159 e. The summed E-state index contributed by atoms with van der Waals surface area (Å²) in [7, 11) is 0. The minimum Gasteiger partial charge on any atom is -0.0616 e. The zero-order valence-corrected chi connectivity index (χ0v) is 27.7. The number of fused-ring (bicyclic) bond motifs is 9. The second-order valence-corrected chi connectivity index (χ2v) is 14.1. The maximum absolute atomic E-state index is 2.44. The topological polar surface area (TPSA) is 0 Å². The van der Waals surface area contributed by atoms with Crippen molar-refractivity contribution >= 4 is 43.1 Å². The highest BCUT2D eigenvalue weighted by molar-refractivity contribution is 6.21. The lowest BCUT2D eigenvalue weighted by molar-refractivity contribution is 0.661. The summed E-state index contributed by atoms with van der Waals surface area (Å²) >= 11 is 0. The van der Waals surface area contributed by atoms with E-state index in [2.05, 4.69) is 184 Å². The van der Waals surface area contributed by atoms with Gasteiger partial charge in [-0.05, 0) is 123 Å². The Morgan fingerprint density at radius 1 is 0.286 bits per heavy atom. The number of hydrogen-bond acceptors (Lipinski definition) is 0. The van der Waals surface area contributed by atoms with Gasteiger partial charge >= 0.3 is 0 Å². The second kappa shape index (κ2) is 10.5. The highest BCUT2D eigenvalue weighted by Crippen LogP contribution is 2.51. The molecule has 230 valence electrons. The van der Waals surface area contributed by atoms with E-state index in [0.717, 1.165) is 0 Å². The summed E-state index contributed by atoms with van der Waals surface area (Å²) < 4.78 is 0. The van der Waals surface area contributed by atoms with Gasteiger partial charge in [0.15, 0.2) is 0 Å². The lowest BCUT2D eigenvalue weighted by Crippen LogP contribution is -2.15. The first-order valence-corrected chi connectivity index (χ1v) is 17.3. The van der Waals surface area contributed by atoms with E-state index < -0.39 is 0 Å². The van der Waals surface area contributed by atoms with Gasteiger partial charge in [-0.3, -0.25) is 0 Å². The zero-order chi connectivity index (χ0) is 32.7. The molecule has 0 heteroatoms. The second-order valence-electron chi connectivity index (χ2n) is 14.1. The Labute approximate surface area is 286 Å². The van der Waals surface area contributed by atoms with Crippen LogP contribution in [0.5, 0.6) is 0 Å². The molecule has 1 aliphatic rings. The van der Waals surface area contributed by atoms with Crippen molar-refractivity contribution in [1.82, 2.24) is 0 Å². The number of hydrogen-bond donors (Lipinski definition) is 0. The fourth-order valence-electron chi connectivity index (χ4n) is 8.53. The Morgan fingerprint density at radius 2 is 0.816 bits per heavy atom. The molecule has 0 nitrogen and oxygen atoms in total. The Balaban J connectivity index is 1.09. The first-order valence-electron chi connectivity index (χ1n) is 17.3. The van der Waals surface area contributed by atoms with E-state index >= 15 is 0 Å². The molecule has 1 aliphatic carbocycles. The first kappa shape index (κ1) is 28.1. The van der Waals surface area contributed by atoms with Gasteiger partial charge in [-0.2, -0.15) is 0 Å². The van der Waals surface area contributed by atoms with Gasteiger partial charge in [-0.1, -0.05) is 159 Å². The lowest BCUT2D eigenvalue weighted by atomic mass is 9.80. The standard InChI is InChI=1S/C49H34/c1-49(2)47-28-34(22-25-43(47)44-26-23-36(29-48(44)49)39-20-10-13-31-11-3-5-16-37(31)39)33-14-9-15-35(27-33)45-30-46-38-17-6-4-12-32(38)21-24-42(46)40-18-7-8-19-41(40)45/h3-30H,1-2H3. The van der Waals surface area contributed by atoms with Gasteiger partial charge in [0, 0.05) is 5.41 Å². The van der Waals surface area contributed by atoms with Gasteiger partial charge in [-0.25, -0.2) is 0 Å². The highest BCUT2D eigenvalue weighted by atomic mass is 14.4. The average Bonchev–Trinajstić information content (AvgIpc) is 3.39. The fourth-order valence-corrected chi connectivity index (χ4v) is 8.53. The average molecular weight is 623 g/mol. The molecule has 0 heterocycles. The molecule has 0 unspecified atom stereocenters. The molecule has 0 aliphatic heterocycles. The Hall–Kier alpha value is -5.98. The van der Waals surface area contributed by atoms with E-state index in [4.69, 9.17) is 0 Å². The van der Waals surface area contributed by atoms with Crippen molar-refractivity contribution in [3.8, 4) is 44.5 Å². The molecular formula is C49H34. The van der Waals surface area contributed by atoms with Gasteiger partial charge in [0.1, 0.15) is 0 Å². The van der Waals surface area contributed by atoms with Crippen molar-refractivity contribution in [2.45, 2.75) is 19.3 Å². The van der Waals surface area contributed by atoms with Crippen LogP contribution in [0.25, 0.3) is 87.6 Å². The third-order valence-corrected chi connectivity index (χ3v) is 11.1. The Bertz CT molecular complexity index is 2790. The van der Waals surface area contributed by atoms with Crippen LogP contribution in [0.1, 0.15) is 25.0 Å². The fraction of sp³-hybridized carbons (Fsp3) is 0.0612. The molecule has 0 N–H and O–H groups in total. The molecule has 0 fully saturated rings. The van der Waals surface area contributed by atoms with Gasteiger partial charge in [0.2, 0.25) is 0 Å². The van der Waals surface area contributed by atoms with Crippen LogP contribution < -0.4 is 0 Å². The van der Waals surface area contributed by atoms with Crippen molar-refractivity contribution < 1.29 is 0 Å². The lowest BCUT2D eigenvalue weighted by Gasteiger charge is -2.23. The van der Waals surface area contributed by atoms with Crippen LogP contribution in [-0.4, -0.2) is 0 Å². The molecule has 10 rings (SSSR count). The van der Waals surface area contributed by atoms with Crippen LogP contribution in [0, 0.1) is 0 Å². The first-order chi connectivity index (χ1) is 24.0. The van der Waals surface area contributed by atoms with E-state index in [1.54, 1.807) is 0 Å². The summed E-state index contributed by atoms with van der Waals surface area (Å²) in [5.74, 6) is 0. The van der Waals surface area contributed by atoms with E-state index in [0.29, 0.717) is 0 Å². The number of benzene rings is 9. The quantitative estimate of drug-likeness (QED) is 0.172. The van der Waals surface area contributed by atoms with Gasteiger partial charge in [-0.15, -0.1) is 0 Å². The van der Waals surface area contributed by atoms with Crippen molar-refractivity contribution in [2.75, 3.05) is 0 Å². The van der Waals surface area contributed by atoms with Crippen molar-refractivity contribution in [1.29, 1.82) is 0 Å². The van der Waals surface area contributed by atoms with Gasteiger partial charge in [0.05, 0.1) is 0 Å². The monoisotopic (exact) mass is 622 g/mol. The largest absolute Gasteiger partial charge is 0.0616 e. The van der Waals surface area contributed by atoms with E-state index in [1.165, 1.54) is 98.7 Å². The molecule has 0 atom stereocenters. The maximum atomic E-state index is 2.44. The van der Waals surface area contributed by atoms with Crippen LogP contribution in [0.15, 0.2) is 170 Å². The van der Waals surface area contributed by atoms with Crippen LogP contribution >= 0.6 is 0 Å². The molecule has 0 bridgehead atoms. The summed E-state index contributed by atoms with van der Waals surface area (Å²) in [6.45, 7) is 4.77. The molecule has 0 radical (unpaired) electrons. The molecule has 49 heavy (non-hydrogen) atoms. The summed E-state index contributed by atoms with van der Waals surface area (Å²) in [5, 5.41) is 10.3. The summed E-state index contributed by atoms with van der Waals surface area (Å²) in [6.07, 6.45) is 0. The van der Waals surface area contributed by atoms with Crippen LogP contribution in [0.4, 0.5) is 0 Å². The molecule has 0 aromatic heterocycles. The smallest absolute Gasteiger partial charge is 0.0159 e. The van der Waals surface area contributed by atoms with Crippen LogP contribution in [0.2, 0.25) is 0 Å². The Kier molecular flexibility index (Phi) is 6.02. The van der Waals surface area contributed by atoms with Gasteiger partial charge < -0.3 is 0 Å². The minimum atomic E-state index is -0.117. The van der Waals surface area contributed by atoms with Crippen molar-refractivity contribution in [2.24, 2.45) is 0 Å². The van der Waals surface area contributed by atoms with Crippen LogP contribution in [0.3, 0.4) is 0 Å². The van der Waals surface area contributed by atoms with Crippen LogP contribution in [-0.2, 0) is 5.41 Å². The normalized spacial score (nSPS) is 13.3. The van der Waals surface area contributed by atoms with E-state index in [-0.39, 0.29) is 5.41 Å². The minimum absolute atomic E-state index is 0.117. The molecule has 0 amide bonds. The SMILES string of the molecule is CC1(C)c2cc(-c3cccc(-c4cc5c6ccccc6ccc5c5ccccc45)c3)ccc2-c2ccc(-c3cccc4ccccc34)cc21. The van der Waals surface area contributed by atoms with Crippen molar-refractivity contribution in [3.63, 3.8) is 0 Å². The Morgan fingerprint density at radius 3 is 1.61 bits per heavy atom.